The van der Waals surface area contributed by atoms with E-state index in [4.69, 9.17) is 11.6 Å². The minimum Gasteiger partial charge on any atom is -0.345 e. The number of rotatable bonds is 3. The molecule has 1 saturated heterocycles. The van der Waals surface area contributed by atoms with E-state index in [9.17, 15) is 0 Å². The number of aryl methyl sites for hydroxylation is 1. The molecule has 3 heterocycles. The van der Waals surface area contributed by atoms with Gasteiger partial charge in [0, 0.05) is 15.5 Å². The minimum atomic E-state index is 0.760. The number of thiophene rings is 1. The fourth-order valence-corrected chi connectivity index (χ4v) is 4.75. The zero-order valence-corrected chi connectivity index (χ0v) is 16.1. The van der Waals surface area contributed by atoms with Gasteiger partial charge < -0.3 is 9.80 Å². The molecule has 0 aliphatic carbocycles. The number of hydrogen-bond donors (Lipinski definition) is 1. The first-order valence-corrected chi connectivity index (χ1v) is 9.95. The molecule has 0 saturated carbocycles. The first-order chi connectivity index (χ1) is 12.2. The van der Waals surface area contributed by atoms with E-state index >= 15 is 0 Å². The van der Waals surface area contributed by atoms with E-state index in [2.05, 4.69) is 40.8 Å². The molecule has 4 nitrogen and oxygen atoms in total. The number of nitrogens with one attached hydrogen (secondary N) is 1. The predicted octanol–water partition coefficient (Wildman–Crippen LogP) is 3.04. The molecule has 0 spiro atoms. The van der Waals surface area contributed by atoms with Crippen molar-refractivity contribution in [1.82, 2.24) is 9.97 Å². The summed E-state index contributed by atoms with van der Waals surface area (Å²) in [6.45, 7) is 10.0. The Hall–Kier alpha value is -1.69. The normalized spacial score (nSPS) is 15.9. The fourth-order valence-electron chi connectivity index (χ4n) is 3.62. The average Bonchev–Trinajstić information content (AvgIpc) is 2.98. The van der Waals surface area contributed by atoms with Gasteiger partial charge in [0.25, 0.3) is 0 Å². The maximum atomic E-state index is 6.08. The second-order valence-corrected chi connectivity index (χ2v) is 8.15. The monoisotopic (exact) mass is 373 g/mol. The summed E-state index contributed by atoms with van der Waals surface area (Å²) in [4.78, 5) is 15.7. The summed E-state index contributed by atoms with van der Waals surface area (Å²) in [7, 11) is 0. The molecule has 1 aromatic carbocycles. The van der Waals surface area contributed by atoms with Crippen LogP contribution in [0.4, 0.5) is 5.82 Å². The van der Waals surface area contributed by atoms with Crippen LogP contribution in [-0.2, 0) is 0 Å². The van der Waals surface area contributed by atoms with Crippen LogP contribution in [0.5, 0.6) is 0 Å². The van der Waals surface area contributed by atoms with Crippen molar-refractivity contribution in [3.63, 3.8) is 0 Å². The lowest BCUT2D eigenvalue weighted by atomic mass is 10.0. The second-order valence-electron chi connectivity index (χ2n) is 6.51. The zero-order chi connectivity index (χ0) is 17.4. The molecule has 1 aliphatic rings. The smallest absolute Gasteiger partial charge is 0.141 e. The standard InChI is InChI=1S/C19H21ClN4S/c1-3-23-8-10-24(11-9-23)18-17-16(14-4-6-15(20)7-5-14)13(2)25-19(17)22-12-21-18/h4-7,12H,3,8-11H2,1-2H3/p+1. The van der Waals surface area contributed by atoms with Crippen molar-refractivity contribution in [3.05, 3.63) is 40.5 Å². The summed E-state index contributed by atoms with van der Waals surface area (Å²) in [5.41, 5.74) is 2.43. The maximum absolute atomic E-state index is 6.08. The lowest BCUT2D eigenvalue weighted by Gasteiger charge is -2.32. The molecular formula is C19H22ClN4S+. The van der Waals surface area contributed by atoms with Crippen LogP contribution in [0.1, 0.15) is 11.8 Å². The highest BCUT2D eigenvalue weighted by atomic mass is 35.5. The fraction of sp³-hybridized carbons (Fsp3) is 0.368. The summed E-state index contributed by atoms with van der Waals surface area (Å²) in [6.07, 6.45) is 1.71. The molecule has 0 unspecified atom stereocenters. The van der Waals surface area contributed by atoms with Gasteiger partial charge in [-0.25, -0.2) is 9.97 Å². The Balaban J connectivity index is 1.82. The van der Waals surface area contributed by atoms with Crippen LogP contribution in [0.2, 0.25) is 5.02 Å². The SMILES string of the molecule is CC[NH+]1CCN(c2ncnc3sc(C)c(-c4ccc(Cl)cc4)c23)CC1. The van der Waals surface area contributed by atoms with E-state index in [-0.39, 0.29) is 0 Å². The van der Waals surface area contributed by atoms with Crippen molar-refractivity contribution >= 4 is 39.0 Å². The third kappa shape index (κ3) is 3.12. The molecule has 0 bridgehead atoms. The Morgan fingerprint density at radius 2 is 1.88 bits per heavy atom. The van der Waals surface area contributed by atoms with Crippen LogP contribution in [0.25, 0.3) is 21.3 Å². The van der Waals surface area contributed by atoms with Crippen molar-refractivity contribution in [2.45, 2.75) is 13.8 Å². The third-order valence-electron chi connectivity index (χ3n) is 5.05. The van der Waals surface area contributed by atoms with Crippen LogP contribution in [0.15, 0.2) is 30.6 Å². The topological polar surface area (TPSA) is 33.5 Å². The van der Waals surface area contributed by atoms with Crippen molar-refractivity contribution in [1.29, 1.82) is 0 Å². The molecule has 0 amide bonds. The molecule has 0 atom stereocenters. The summed E-state index contributed by atoms with van der Waals surface area (Å²) in [6, 6.07) is 8.08. The van der Waals surface area contributed by atoms with Crippen molar-refractivity contribution in [2.24, 2.45) is 0 Å². The molecule has 3 aromatic rings. The summed E-state index contributed by atoms with van der Waals surface area (Å²) in [5.74, 6) is 1.08. The van der Waals surface area contributed by atoms with Gasteiger partial charge in [-0.2, -0.15) is 0 Å². The van der Waals surface area contributed by atoms with E-state index in [1.54, 1.807) is 22.6 Å². The van der Waals surface area contributed by atoms with Crippen molar-refractivity contribution < 1.29 is 4.90 Å². The Morgan fingerprint density at radius 1 is 1.16 bits per heavy atom. The number of anilines is 1. The van der Waals surface area contributed by atoms with Gasteiger partial charge in [-0.1, -0.05) is 23.7 Å². The molecule has 2 aromatic heterocycles. The molecule has 1 N–H and O–H groups in total. The Labute approximate surface area is 157 Å². The molecule has 25 heavy (non-hydrogen) atoms. The van der Waals surface area contributed by atoms with Crippen LogP contribution in [-0.4, -0.2) is 42.7 Å². The van der Waals surface area contributed by atoms with E-state index in [1.165, 1.54) is 41.0 Å². The maximum Gasteiger partial charge on any atom is 0.141 e. The first-order valence-electron chi connectivity index (χ1n) is 8.76. The Bertz CT molecular complexity index is 882. The average molecular weight is 374 g/mol. The van der Waals surface area contributed by atoms with E-state index < -0.39 is 0 Å². The summed E-state index contributed by atoms with van der Waals surface area (Å²) < 4.78 is 0. The van der Waals surface area contributed by atoms with Gasteiger partial charge in [0.2, 0.25) is 0 Å². The van der Waals surface area contributed by atoms with Gasteiger partial charge in [-0.05, 0) is 31.5 Å². The van der Waals surface area contributed by atoms with Gasteiger partial charge >= 0.3 is 0 Å². The lowest BCUT2D eigenvalue weighted by molar-refractivity contribution is -0.898. The number of piperazine rings is 1. The number of fused-ring (bicyclic) bond motifs is 1. The quantitative estimate of drug-likeness (QED) is 0.766. The number of hydrogen-bond acceptors (Lipinski definition) is 4. The summed E-state index contributed by atoms with van der Waals surface area (Å²) >= 11 is 7.82. The zero-order valence-electron chi connectivity index (χ0n) is 14.6. The van der Waals surface area contributed by atoms with E-state index in [0.717, 1.165) is 28.8 Å². The van der Waals surface area contributed by atoms with E-state index in [0.29, 0.717) is 0 Å². The molecule has 130 valence electrons. The highest BCUT2D eigenvalue weighted by Gasteiger charge is 2.24. The van der Waals surface area contributed by atoms with Gasteiger partial charge in [-0.15, -0.1) is 11.3 Å². The Kier molecular flexibility index (Phi) is 4.63. The minimum absolute atomic E-state index is 0.760. The molecule has 4 rings (SSSR count). The Morgan fingerprint density at radius 3 is 2.56 bits per heavy atom. The van der Waals surface area contributed by atoms with Crippen molar-refractivity contribution in [2.75, 3.05) is 37.6 Å². The van der Waals surface area contributed by atoms with Gasteiger partial charge in [0.15, 0.2) is 0 Å². The van der Waals surface area contributed by atoms with Crippen molar-refractivity contribution in [3.8, 4) is 11.1 Å². The first kappa shape index (κ1) is 16.8. The largest absolute Gasteiger partial charge is 0.345 e. The number of likely N-dealkylation sites (N-methyl/N-ethyl adjacent to an activating group) is 1. The molecule has 0 radical (unpaired) electrons. The van der Waals surface area contributed by atoms with Gasteiger partial charge in [0.1, 0.15) is 17.0 Å². The number of quaternary nitrogens is 1. The lowest BCUT2D eigenvalue weighted by Crippen LogP contribution is -3.14. The highest BCUT2D eigenvalue weighted by Crippen LogP contribution is 2.41. The van der Waals surface area contributed by atoms with Crippen LogP contribution < -0.4 is 9.80 Å². The van der Waals surface area contributed by atoms with Crippen LogP contribution in [0.3, 0.4) is 0 Å². The second kappa shape index (κ2) is 6.90. The molecule has 1 aliphatic heterocycles. The predicted molar refractivity (Wildman–Crippen MR) is 106 cm³/mol. The highest BCUT2D eigenvalue weighted by molar-refractivity contribution is 7.19. The third-order valence-corrected chi connectivity index (χ3v) is 6.31. The number of halogens is 1. The van der Waals surface area contributed by atoms with Crippen LogP contribution >= 0.6 is 22.9 Å². The number of benzene rings is 1. The number of aromatic nitrogens is 2. The van der Waals surface area contributed by atoms with Gasteiger partial charge in [-0.3, -0.25) is 0 Å². The molecule has 6 heteroatoms. The van der Waals surface area contributed by atoms with E-state index in [1.807, 2.05) is 12.1 Å². The number of nitrogens with zero attached hydrogens (tertiary/aromatic N) is 3. The molecular weight excluding hydrogens is 352 g/mol. The van der Waals surface area contributed by atoms with Crippen LogP contribution in [0, 0.1) is 6.92 Å². The summed E-state index contributed by atoms with van der Waals surface area (Å²) in [5, 5.41) is 1.95. The van der Waals surface area contributed by atoms with Gasteiger partial charge in [0.05, 0.1) is 38.1 Å². The molecule has 1 fully saturated rings.